The first kappa shape index (κ1) is 24.2. The number of sulfonamides is 1. The molecule has 11 heteroatoms. The van der Waals surface area contributed by atoms with Gasteiger partial charge < -0.3 is 10.2 Å². The van der Waals surface area contributed by atoms with Gasteiger partial charge in [0, 0.05) is 43.3 Å². The van der Waals surface area contributed by atoms with Gasteiger partial charge in [-0.1, -0.05) is 6.92 Å². The minimum absolute atomic E-state index is 0.0306. The highest BCUT2D eigenvalue weighted by molar-refractivity contribution is 7.89. The summed E-state index contributed by atoms with van der Waals surface area (Å²) >= 11 is 0. The molecule has 0 radical (unpaired) electrons. The Morgan fingerprint density at radius 3 is 2.00 bits per heavy atom. The van der Waals surface area contributed by atoms with Gasteiger partial charge in [0.1, 0.15) is 0 Å². The van der Waals surface area contributed by atoms with E-state index in [1.807, 2.05) is 6.92 Å². The second-order valence-corrected chi connectivity index (χ2v) is 10.5. The molecule has 1 N–H and O–H groups in total. The fourth-order valence-electron chi connectivity index (χ4n) is 3.90. The number of halogens is 3. The Kier molecular flexibility index (Phi) is 6.43. The Hall–Kier alpha value is -2.92. The molecule has 1 heterocycles. The van der Waals surface area contributed by atoms with Crippen LogP contribution in [-0.2, 0) is 21.0 Å². The van der Waals surface area contributed by atoms with Gasteiger partial charge in [0.2, 0.25) is 15.9 Å². The van der Waals surface area contributed by atoms with E-state index < -0.39 is 21.8 Å². The number of rotatable bonds is 5. The van der Waals surface area contributed by atoms with Crippen molar-refractivity contribution in [2.24, 2.45) is 11.8 Å². The molecular formula is C23H24F3N3O4S. The molecule has 1 saturated carbocycles. The molecule has 0 aromatic heterocycles. The zero-order chi connectivity index (χ0) is 24.7. The molecule has 2 aromatic rings. The van der Waals surface area contributed by atoms with Gasteiger partial charge in [0.05, 0.1) is 10.5 Å². The van der Waals surface area contributed by atoms with Crippen LogP contribution in [0.25, 0.3) is 0 Å². The normalized spacial score (nSPS) is 21.2. The van der Waals surface area contributed by atoms with E-state index in [9.17, 15) is 31.2 Å². The van der Waals surface area contributed by atoms with E-state index >= 15 is 0 Å². The van der Waals surface area contributed by atoms with Crippen molar-refractivity contribution in [3.63, 3.8) is 0 Å². The first-order valence-corrected chi connectivity index (χ1v) is 12.3. The van der Waals surface area contributed by atoms with Crippen molar-refractivity contribution < 1.29 is 31.2 Å². The van der Waals surface area contributed by atoms with Crippen LogP contribution < -0.4 is 5.32 Å². The quantitative estimate of drug-likeness (QED) is 0.689. The number of carbonyl (C=O) groups is 2. The second kappa shape index (κ2) is 9.03. The minimum atomic E-state index is -4.55. The van der Waals surface area contributed by atoms with Gasteiger partial charge in [-0.05, 0) is 60.9 Å². The third-order valence-corrected chi connectivity index (χ3v) is 8.10. The van der Waals surface area contributed by atoms with Gasteiger partial charge in [-0.2, -0.15) is 17.5 Å². The van der Waals surface area contributed by atoms with Gasteiger partial charge >= 0.3 is 6.18 Å². The number of hydrogen-bond donors (Lipinski definition) is 1. The van der Waals surface area contributed by atoms with E-state index in [2.05, 4.69) is 5.32 Å². The third kappa shape index (κ3) is 5.10. The molecule has 7 nitrogen and oxygen atoms in total. The van der Waals surface area contributed by atoms with Gasteiger partial charge in [-0.15, -0.1) is 0 Å². The molecule has 2 amide bonds. The molecule has 1 saturated heterocycles. The fraction of sp³-hybridized carbons (Fsp3) is 0.391. The van der Waals surface area contributed by atoms with E-state index in [0.29, 0.717) is 17.2 Å². The summed E-state index contributed by atoms with van der Waals surface area (Å²) < 4.78 is 65.0. The lowest BCUT2D eigenvalue weighted by atomic mass is 10.1. The molecule has 182 valence electrons. The molecule has 4 rings (SSSR count). The zero-order valence-electron chi connectivity index (χ0n) is 18.4. The van der Waals surface area contributed by atoms with Gasteiger partial charge in [0.15, 0.2) is 0 Å². The van der Waals surface area contributed by atoms with Crippen molar-refractivity contribution in [3.8, 4) is 0 Å². The van der Waals surface area contributed by atoms with Gasteiger partial charge in [-0.3, -0.25) is 9.59 Å². The molecule has 2 aromatic carbocycles. The lowest BCUT2D eigenvalue weighted by Gasteiger charge is -2.34. The van der Waals surface area contributed by atoms with Crippen molar-refractivity contribution >= 4 is 27.5 Å². The summed E-state index contributed by atoms with van der Waals surface area (Å²) in [5.41, 5.74) is 0.0967. The monoisotopic (exact) mass is 495 g/mol. The topological polar surface area (TPSA) is 86.8 Å². The van der Waals surface area contributed by atoms with Crippen LogP contribution in [0.3, 0.4) is 0 Å². The summed E-state index contributed by atoms with van der Waals surface area (Å²) in [6, 6.07) is 9.90. The summed E-state index contributed by atoms with van der Waals surface area (Å²) in [5, 5.41) is 2.83. The second-order valence-electron chi connectivity index (χ2n) is 8.60. The van der Waals surface area contributed by atoms with Crippen molar-refractivity contribution in [2.75, 3.05) is 31.5 Å². The Balaban J connectivity index is 1.34. The number of anilines is 1. The number of alkyl halides is 3. The van der Waals surface area contributed by atoms with Crippen LogP contribution in [-0.4, -0.2) is 55.6 Å². The van der Waals surface area contributed by atoms with Crippen LogP contribution in [0, 0.1) is 11.8 Å². The van der Waals surface area contributed by atoms with Crippen LogP contribution in [0.4, 0.5) is 18.9 Å². The van der Waals surface area contributed by atoms with E-state index in [-0.39, 0.29) is 48.8 Å². The van der Waals surface area contributed by atoms with Crippen LogP contribution in [0.5, 0.6) is 0 Å². The minimum Gasteiger partial charge on any atom is -0.336 e. The first-order chi connectivity index (χ1) is 16.0. The number of hydrogen-bond acceptors (Lipinski definition) is 4. The smallest absolute Gasteiger partial charge is 0.336 e. The molecule has 2 aliphatic rings. The van der Waals surface area contributed by atoms with Gasteiger partial charge in [0.25, 0.3) is 5.91 Å². The van der Waals surface area contributed by atoms with E-state index in [4.69, 9.17) is 0 Å². The number of piperazine rings is 1. The number of carbonyl (C=O) groups excluding carboxylic acids is 2. The number of benzene rings is 2. The molecule has 1 aliphatic heterocycles. The number of nitrogens with zero attached hydrogens (tertiary/aromatic N) is 2. The lowest BCUT2D eigenvalue weighted by molar-refractivity contribution is -0.137. The summed E-state index contributed by atoms with van der Waals surface area (Å²) in [6.45, 7) is 2.37. The Morgan fingerprint density at radius 1 is 0.941 bits per heavy atom. The Bertz CT molecular complexity index is 1170. The number of nitrogens with one attached hydrogen (secondary N) is 1. The van der Waals surface area contributed by atoms with E-state index in [0.717, 1.165) is 35.0 Å². The summed E-state index contributed by atoms with van der Waals surface area (Å²) in [4.78, 5) is 26.2. The molecule has 2 unspecified atom stereocenters. The van der Waals surface area contributed by atoms with Crippen LogP contribution in [0.1, 0.15) is 29.3 Å². The molecule has 34 heavy (non-hydrogen) atoms. The molecule has 0 spiro atoms. The predicted molar refractivity (Wildman–Crippen MR) is 118 cm³/mol. The first-order valence-electron chi connectivity index (χ1n) is 10.8. The molecule has 2 fully saturated rings. The number of amides is 2. The maximum Gasteiger partial charge on any atom is 0.416 e. The average Bonchev–Trinajstić information content (AvgIpc) is 3.55. The maximum absolute atomic E-state index is 12.8. The van der Waals surface area contributed by atoms with Crippen LogP contribution >= 0.6 is 0 Å². The molecule has 1 aliphatic carbocycles. The van der Waals surface area contributed by atoms with Gasteiger partial charge in [-0.25, -0.2) is 8.42 Å². The average molecular weight is 496 g/mol. The Morgan fingerprint density at radius 2 is 1.50 bits per heavy atom. The van der Waals surface area contributed by atoms with Crippen LogP contribution in [0.2, 0.25) is 0 Å². The Labute approximate surface area is 195 Å². The third-order valence-electron chi connectivity index (χ3n) is 6.19. The van der Waals surface area contributed by atoms with E-state index in [1.165, 1.54) is 4.90 Å². The van der Waals surface area contributed by atoms with Crippen molar-refractivity contribution in [2.45, 2.75) is 24.4 Å². The maximum atomic E-state index is 12.8. The zero-order valence-corrected chi connectivity index (χ0v) is 19.2. The largest absolute Gasteiger partial charge is 0.416 e. The highest BCUT2D eigenvalue weighted by Gasteiger charge is 2.39. The van der Waals surface area contributed by atoms with Crippen molar-refractivity contribution in [1.29, 1.82) is 0 Å². The van der Waals surface area contributed by atoms with E-state index in [1.54, 1.807) is 24.3 Å². The predicted octanol–water partition coefficient (Wildman–Crippen LogP) is 3.45. The van der Waals surface area contributed by atoms with Crippen LogP contribution in [0.15, 0.2) is 53.4 Å². The summed E-state index contributed by atoms with van der Waals surface area (Å²) in [5.74, 6) is 0.135. The standard InChI is InChI=1S/C23H24F3N3O4S/c1-15-14-20(15)21(30)27-18-6-2-16(3-7-18)22(31)28-10-12-29(13-11-28)34(32,33)19-8-4-17(5-9-19)23(24,25)26/h2-9,15,20H,10-14H2,1H3,(H,27,30). The summed E-state index contributed by atoms with van der Waals surface area (Å²) in [6.07, 6.45) is -3.67. The fourth-order valence-corrected chi connectivity index (χ4v) is 5.32. The highest BCUT2D eigenvalue weighted by Crippen LogP contribution is 2.38. The van der Waals surface area contributed by atoms with Crippen molar-refractivity contribution in [1.82, 2.24) is 9.21 Å². The SMILES string of the molecule is CC1CC1C(=O)Nc1ccc(C(=O)N2CCN(S(=O)(=O)c3ccc(C(F)(F)F)cc3)CC2)cc1. The summed E-state index contributed by atoms with van der Waals surface area (Å²) in [7, 11) is -3.97. The lowest BCUT2D eigenvalue weighted by Crippen LogP contribution is -2.50. The highest BCUT2D eigenvalue weighted by atomic mass is 32.2. The molecular weight excluding hydrogens is 471 g/mol. The van der Waals surface area contributed by atoms with Crippen molar-refractivity contribution in [3.05, 3.63) is 59.7 Å². The molecule has 2 atom stereocenters. The molecule has 0 bridgehead atoms.